The van der Waals surface area contributed by atoms with E-state index >= 15 is 0 Å². The third-order valence-corrected chi connectivity index (χ3v) is 8.15. The number of aryl methyl sites for hydroxylation is 2. The number of amides is 1. The molecule has 1 amide bonds. The largest absolute Gasteiger partial charge is 0.354 e. The lowest BCUT2D eigenvalue weighted by atomic mass is 9.46. The van der Waals surface area contributed by atoms with Crippen molar-refractivity contribution in [2.45, 2.75) is 64.0 Å². The maximum absolute atomic E-state index is 13.7. The van der Waals surface area contributed by atoms with Gasteiger partial charge in [-0.15, -0.1) is 0 Å². The van der Waals surface area contributed by atoms with Crippen molar-refractivity contribution >= 4 is 5.91 Å². The van der Waals surface area contributed by atoms with E-state index in [0.29, 0.717) is 18.4 Å². The lowest BCUT2D eigenvalue weighted by Gasteiger charge is -2.61. The summed E-state index contributed by atoms with van der Waals surface area (Å²) >= 11 is 0. The molecule has 6 heteroatoms. The lowest BCUT2D eigenvalue weighted by molar-refractivity contribution is -0.156. The molecule has 0 radical (unpaired) electrons. The summed E-state index contributed by atoms with van der Waals surface area (Å²) in [7, 11) is 4.17. The van der Waals surface area contributed by atoms with E-state index in [9.17, 15) is 4.79 Å². The molecule has 2 aromatic rings. The van der Waals surface area contributed by atoms with Crippen molar-refractivity contribution in [2.75, 3.05) is 20.6 Å². The van der Waals surface area contributed by atoms with Crippen LogP contribution < -0.4 is 5.32 Å². The van der Waals surface area contributed by atoms with Crippen LogP contribution in [0.2, 0.25) is 0 Å². The predicted molar refractivity (Wildman–Crippen MR) is 120 cm³/mol. The van der Waals surface area contributed by atoms with Crippen LogP contribution in [0.1, 0.15) is 61.5 Å². The van der Waals surface area contributed by atoms with Crippen molar-refractivity contribution in [2.24, 2.45) is 17.3 Å². The van der Waals surface area contributed by atoms with Gasteiger partial charge < -0.3 is 10.2 Å². The Bertz CT molecular complexity index is 949. The van der Waals surface area contributed by atoms with E-state index in [2.05, 4.69) is 65.2 Å². The first kappa shape index (κ1) is 20.7. The SMILES string of the molecule is Cc1ccc(C(CNC(=O)C23CC4CC(C2)CC(n2cnc(C)n2)(C4)C3)N(C)C)cc1. The molecular weight excluding hydrogens is 386 g/mol. The molecule has 3 atom stereocenters. The Kier molecular flexibility index (Phi) is 4.96. The fraction of sp³-hybridized carbons (Fsp3) is 0.640. The number of aromatic nitrogens is 3. The number of rotatable bonds is 6. The van der Waals surface area contributed by atoms with Gasteiger partial charge in [0, 0.05) is 6.54 Å². The van der Waals surface area contributed by atoms with E-state index in [4.69, 9.17) is 5.10 Å². The van der Waals surface area contributed by atoms with Gasteiger partial charge in [0.25, 0.3) is 0 Å². The fourth-order valence-electron chi connectivity index (χ4n) is 7.09. The highest BCUT2D eigenvalue weighted by Gasteiger charge is 2.61. The number of hydrogen-bond acceptors (Lipinski definition) is 4. The highest BCUT2D eigenvalue weighted by molar-refractivity contribution is 5.83. The van der Waals surface area contributed by atoms with Crippen molar-refractivity contribution < 1.29 is 4.79 Å². The molecule has 4 aliphatic rings. The van der Waals surface area contributed by atoms with Gasteiger partial charge in [-0.05, 0) is 83.9 Å². The summed E-state index contributed by atoms with van der Waals surface area (Å²) in [6, 6.07) is 8.83. The predicted octanol–water partition coefficient (Wildman–Crippen LogP) is 3.61. The normalized spacial score (nSPS) is 32.4. The molecule has 3 unspecified atom stereocenters. The molecule has 1 N–H and O–H groups in total. The summed E-state index contributed by atoms with van der Waals surface area (Å²) in [5.41, 5.74) is 2.22. The minimum absolute atomic E-state index is 0.0272. The summed E-state index contributed by atoms with van der Waals surface area (Å²) in [6.07, 6.45) is 8.42. The molecule has 0 spiro atoms. The first-order valence-corrected chi connectivity index (χ1v) is 11.7. The van der Waals surface area contributed by atoms with Gasteiger partial charge >= 0.3 is 0 Å². The van der Waals surface area contributed by atoms with Gasteiger partial charge in [0.15, 0.2) is 0 Å². The van der Waals surface area contributed by atoms with Crippen molar-refractivity contribution in [3.05, 3.63) is 47.5 Å². The Morgan fingerprint density at radius 3 is 2.42 bits per heavy atom. The minimum Gasteiger partial charge on any atom is -0.354 e. The number of nitrogens with one attached hydrogen (secondary N) is 1. The van der Waals surface area contributed by atoms with Crippen molar-refractivity contribution in [1.82, 2.24) is 25.0 Å². The third-order valence-electron chi connectivity index (χ3n) is 8.15. The average molecular weight is 422 g/mol. The van der Waals surface area contributed by atoms with Gasteiger partial charge in [0.2, 0.25) is 5.91 Å². The van der Waals surface area contributed by atoms with Crippen LogP contribution in [0.15, 0.2) is 30.6 Å². The van der Waals surface area contributed by atoms with E-state index in [1.54, 1.807) is 0 Å². The number of carbonyl (C=O) groups is 1. The molecule has 1 aromatic carbocycles. The monoisotopic (exact) mass is 421 g/mol. The summed E-state index contributed by atoms with van der Waals surface area (Å²) in [5, 5.41) is 8.08. The molecule has 4 bridgehead atoms. The average Bonchev–Trinajstić information content (AvgIpc) is 3.15. The second-order valence-corrected chi connectivity index (χ2v) is 10.8. The highest BCUT2D eigenvalue weighted by atomic mass is 16.2. The van der Waals surface area contributed by atoms with Crippen LogP contribution in [-0.2, 0) is 10.3 Å². The van der Waals surface area contributed by atoms with Crippen molar-refractivity contribution in [1.29, 1.82) is 0 Å². The zero-order valence-corrected chi connectivity index (χ0v) is 19.3. The standard InChI is InChI=1S/C25H35N5O/c1-17-5-7-21(8-6-17)22(29(3)4)14-26-23(31)24-10-19-9-20(11-24)13-25(12-19,15-24)30-16-27-18(2)28-30/h5-8,16,19-20,22H,9-15H2,1-4H3,(H,26,31). The molecule has 31 heavy (non-hydrogen) atoms. The van der Waals surface area contributed by atoms with Gasteiger partial charge in [-0.2, -0.15) is 5.10 Å². The molecule has 166 valence electrons. The van der Waals surface area contributed by atoms with Crippen LogP contribution in [0.25, 0.3) is 0 Å². The lowest BCUT2D eigenvalue weighted by Crippen LogP contribution is -2.61. The third kappa shape index (κ3) is 3.59. The first-order chi connectivity index (χ1) is 14.8. The van der Waals surface area contributed by atoms with E-state index in [-0.39, 0.29) is 22.9 Å². The minimum atomic E-state index is -0.256. The summed E-state index contributed by atoms with van der Waals surface area (Å²) in [6.45, 7) is 4.70. The van der Waals surface area contributed by atoms with Crippen LogP contribution in [0.3, 0.4) is 0 Å². The Morgan fingerprint density at radius 2 is 1.84 bits per heavy atom. The summed E-state index contributed by atoms with van der Waals surface area (Å²) in [5.74, 6) is 2.32. The van der Waals surface area contributed by atoms with Gasteiger partial charge in [0.1, 0.15) is 12.2 Å². The van der Waals surface area contributed by atoms with Crippen LogP contribution in [0, 0.1) is 31.1 Å². The maximum Gasteiger partial charge on any atom is 0.226 e. The molecular formula is C25H35N5O. The molecule has 0 saturated heterocycles. The van der Waals surface area contributed by atoms with Gasteiger partial charge in [-0.25, -0.2) is 9.67 Å². The molecule has 4 aliphatic carbocycles. The molecule has 6 nitrogen and oxygen atoms in total. The molecule has 4 fully saturated rings. The zero-order valence-electron chi connectivity index (χ0n) is 19.3. The topological polar surface area (TPSA) is 63.1 Å². The van der Waals surface area contributed by atoms with E-state index in [0.717, 1.165) is 37.9 Å². The Balaban J connectivity index is 1.35. The van der Waals surface area contributed by atoms with Crippen LogP contribution in [-0.4, -0.2) is 46.2 Å². The number of benzene rings is 1. The molecule has 4 saturated carbocycles. The Labute approximate surface area is 185 Å². The van der Waals surface area contributed by atoms with E-state index in [1.165, 1.54) is 17.5 Å². The molecule has 1 heterocycles. The smallest absolute Gasteiger partial charge is 0.226 e. The quantitative estimate of drug-likeness (QED) is 0.774. The zero-order chi connectivity index (χ0) is 21.8. The Hall–Kier alpha value is -2.21. The number of carbonyl (C=O) groups excluding carboxylic acids is 1. The number of likely N-dealkylation sites (N-methyl/N-ethyl adjacent to an activating group) is 1. The molecule has 0 aliphatic heterocycles. The molecule has 1 aromatic heterocycles. The van der Waals surface area contributed by atoms with Gasteiger partial charge in [0.05, 0.1) is 17.0 Å². The second kappa shape index (κ2) is 7.44. The van der Waals surface area contributed by atoms with Crippen LogP contribution in [0.4, 0.5) is 0 Å². The Morgan fingerprint density at radius 1 is 1.16 bits per heavy atom. The van der Waals surface area contributed by atoms with Gasteiger partial charge in [-0.1, -0.05) is 29.8 Å². The van der Waals surface area contributed by atoms with Crippen molar-refractivity contribution in [3.8, 4) is 0 Å². The van der Waals surface area contributed by atoms with Crippen LogP contribution in [0.5, 0.6) is 0 Å². The van der Waals surface area contributed by atoms with E-state index in [1.807, 2.05) is 13.3 Å². The van der Waals surface area contributed by atoms with E-state index < -0.39 is 0 Å². The van der Waals surface area contributed by atoms with Crippen molar-refractivity contribution in [3.63, 3.8) is 0 Å². The summed E-state index contributed by atoms with van der Waals surface area (Å²) in [4.78, 5) is 20.3. The molecule has 6 rings (SSSR count). The first-order valence-electron chi connectivity index (χ1n) is 11.7. The fourth-order valence-corrected chi connectivity index (χ4v) is 7.09. The highest BCUT2D eigenvalue weighted by Crippen LogP contribution is 2.64. The maximum atomic E-state index is 13.7. The number of hydrogen-bond donors (Lipinski definition) is 1. The number of nitrogens with zero attached hydrogens (tertiary/aromatic N) is 4. The van der Waals surface area contributed by atoms with Gasteiger partial charge in [-0.3, -0.25) is 4.79 Å². The summed E-state index contributed by atoms with van der Waals surface area (Å²) < 4.78 is 2.11. The van der Waals surface area contributed by atoms with Crippen LogP contribution >= 0.6 is 0 Å². The second-order valence-electron chi connectivity index (χ2n) is 10.8.